The number of rotatable bonds is 5. The van der Waals surface area contributed by atoms with Gasteiger partial charge in [0.05, 0.1) is 6.26 Å². The molecule has 0 radical (unpaired) electrons. The average Bonchev–Trinajstić information content (AvgIpc) is 3.18. The summed E-state index contributed by atoms with van der Waals surface area (Å²) in [6, 6.07) is 3.72. The first-order valence-electron chi connectivity index (χ1n) is 7.59. The molecule has 2 unspecified atom stereocenters. The summed E-state index contributed by atoms with van der Waals surface area (Å²) >= 11 is 0. The molecule has 8 heteroatoms. The molecule has 1 amide bonds. The number of furan rings is 1. The monoisotopic (exact) mass is 340 g/mol. The zero-order valence-electron chi connectivity index (χ0n) is 12.9. The Kier molecular flexibility index (Phi) is 6.18. The van der Waals surface area contributed by atoms with Crippen molar-refractivity contribution in [3.05, 3.63) is 24.3 Å². The maximum Gasteiger partial charge on any atom is 0.238 e. The van der Waals surface area contributed by atoms with Crippen LogP contribution in [0.1, 0.15) is 25.7 Å². The van der Waals surface area contributed by atoms with Gasteiger partial charge in [-0.05, 0) is 31.0 Å². The van der Waals surface area contributed by atoms with Crippen LogP contribution in [-0.2, 0) is 11.2 Å². The summed E-state index contributed by atoms with van der Waals surface area (Å²) in [7, 11) is 0. The number of carbonyl (C=O) groups excluding carboxylic acids is 1. The Balaban J connectivity index is 0.00000192. The number of nitrogens with one attached hydrogen (secondary N) is 2. The number of carbonyl (C=O) groups is 1. The molecule has 3 rings (SSSR count). The number of amides is 1. The highest BCUT2D eigenvalue weighted by Gasteiger charge is 2.22. The lowest BCUT2D eigenvalue weighted by Crippen LogP contribution is -2.50. The van der Waals surface area contributed by atoms with Gasteiger partial charge in [-0.15, -0.1) is 12.4 Å². The lowest BCUT2D eigenvalue weighted by molar-refractivity contribution is -0.122. The van der Waals surface area contributed by atoms with Crippen molar-refractivity contribution in [1.29, 1.82) is 0 Å². The summed E-state index contributed by atoms with van der Waals surface area (Å²) < 4.78 is 10.3. The summed E-state index contributed by atoms with van der Waals surface area (Å²) in [5, 5.41) is 10.2. The van der Waals surface area contributed by atoms with Crippen molar-refractivity contribution in [2.75, 3.05) is 13.1 Å². The van der Waals surface area contributed by atoms with Gasteiger partial charge < -0.3 is 19.6 Å². The van der Waals surface area contributed by atoms with E-state index in [1.54, 1.807) is 18.4 Å². The second-order valence-electron chi connectivity index (χ2n) is 5.63. The van der Waals surface area contributed by atoms with Crippen LogP contribution in [0.25, 0.3) is 11.6 Å². The number of halogens is 1. The molecule has 0 aromatic carbocycles. The van der Waals surface area contributed by atoms with E-state index in [1.807, 2.05) is 0 Å². The summed E-state index contributed by atoms with van der Waals surface area (Å²) in [5.41, 5.74) is 0. The largest absolute Gasteiger partial charge is 0.461 e. The Hall–Kier alpha value is -1.86. The van der Waals surface area contributed by atoms with Crippen LogP contribution in [0.15, 0.2) is 27.3 Å². The first-order valence-corrected chi connectivity index (χ1v) is 7.59. The van der Waals surface area contributed by atoms with Crippen molar-refractivity contribution in [1.82, 2.24) is 20.8 Å². The molecular formula is C15H21ClN4O3. The van der Waals surface area contributed by atoms with Gasteiger partial charge in [-0.25, -0.2) is 0 Å². The molecule has 2 atom stereocenters. The Morgan fingerprint density at radius 2 is 2.39 bits per heavy atom. The predicted octanol–water partition coefficient (Wildman–Crippen LogP) is 1.80. The van der Waals surface area contributed by atoms with Gasteiger partial charge in [0.15, 0.2) is 5.76 Å². The SMILES string of the molecule is CC1CCNCC1NC(=O)CCc1nc(-c2ccco2)no1.Cl. The van der Waals surface area contributed by atoms with Crippen molar-refractivity contribution in [2.45, 2.75) is 32.2 Å². The van der Waals surface area contributed by atoms with E-state index < -0.39 is 0 Å². The topological polar surface area (TPSA) is 93.2 Å². The Bertz CT molecular complexity index is 614. The molecule has 23 heavy (non-hydrogen) atoms. The van der Waals surface area contributed by atoms with Crippen molar-refractivity contribution < 1.29 is 13.7 Å². The predicted molar refractivity (Wildman–Crippen MR) is 86.2 cm³/mol. The molecular weight excluding hydrogens is 320 g/mol. The Morgan fingerprint density at radius 3 is 3.13 bits per heavy atom. The standard InChI is InChI=1S/C15H20N4O3.ClH/c1-10-6-7-16-9-11(10)17-13(20)4-5-14-18-15(19-22-14)12-3-2-8-21-12;/h2-3,8,10-11,16H,4-7,9H2,1H3,(H,17,20);1H. The molecule has 2 aromatic heterocycles. The van der Waals surface area contributed by atoms with E-state index in [9.17, 15) is 4.79 Å². The highest BCUT2D eigenvalue weighted by Crippen LogP contribution is 2.16. The van der Waals surface area contributed by atoms with Crippen LogP contribution >= 0.6 is 12.4 Å². The van der Waals surface area contributed by atoms with E-state index in [-0.39, 0.29) is 24.4 Å². The molecule has 1 aliphatic rings. The van der Waals surface area contributed by atoms with Crippen LogP contribution in [0, 0.1) is 5.92 Å². The van der Waals surface area contributed by atoms with Crippen LogP contribution in [-0.4, -0.2) is 35.2 Å². The lowest BCUT2D eigenvalue weighted by atomic mass is 9.95. The lowest BCUT2D eigenvalue weighted by Gasteiger charge is -2.30. The minimum atomic E-state index is 0. The molecule has 3 heterocycles. The number of hydrogen-bond donors (Lipinski definition) is 2. The van der Waals surface area contributed by atoms with E-state index in [4.69, 9.17) is 8.94 Å². The molecule has 1 aliphatic heterocycles. The van der Waals surface area contributed by atoms with E-state index >= 15 is 0 Å². The molecule has 2 N–H and O–H groups in total. The maximum atomic E-state index is 12.0. The molecule has 0 spiro atoms. The number of aryl methyl sites for hydroxylation is 1. The average molecular weight is 341 g/mol. The van der Waals surface area contributed by atoms with Crippen LogP contribution in [0.5, 0.6) is 0 Å². The van der Waals surface area contributed by atoms with E-state index in [1.165, 1.54) is 0 Å². The summed E-state index contributed by atoms with van der Waals surface area (Å²) in [6.07, 6.45) is 3.40. The third-order valence-electron chi connectivity index (χ3n) is 3.95. The number of nitrogens with zero attached hydrogens (tertiary/aromatic N) is 2. The van der Waals surface area contributed by atoms with E-state index in [0.29, 0.717) is 36.2 Å². The quantitative estimate of drug-likeness (QED) is 0.862. The second-order valence-corrected chi connectivity index (χ2v) is 5.63. The van der Waals surface area contributed by atoms with Gasteiger partial charge in [-0.2, -0.15) is 4.98 Å². The molecule has 2 aromatic rings. The van der Waals surface area contributed by atoms with Gasteiger partial charge in [0.1, 0.15) is 0 Å². The zero-order valence-corrected chi connectivity index (χ0v) is 13.8. The Morgan fingerprint density at radius 1 is 1.52 bits per heavy atom. The third kappa shape index (κ3) is 4.56. The second kappa shape index (κ2) is 8.12. The van der Waals surface area contributed by atoms with Crippen LogP contribution < -0.4 is 10.6 Å². The fourth-order valence-electron chi connectivity index (χ4n) is 2.54. The van der Waals surface area contributed by atoms with Crippen LogP contribution in [0.3, 0.4) is 0 Å². The molecule has 7 nitrogen and oxygen atoms in total. The normalized spacial score (nSPS) is 20.7. The minimum Gasteiger partial charge on any atom is -0.461 e. The van der Waals surface area contributed by atoms with Crippen molar-refractivity contribution >= 4 is 18.3 Å². The summed E-state index contributed by atoms with van der Waals surface area (Å²) in [6.45, 7) is 4.01. The first kappa shape index (κ1) is 17.5. The van der Waals surface area contributed by atoms with Gasteiger partial charge in [0.25, 0.3) is 0 Å². The number of piperidine rings is 1. The zero-order chi connectivity index (χ0) is 15.4. The number of aromatic nitrogens is 2. The van der Waals surface area contributed by atoms with Crippen molar-refractivity contribution in [3.8, 4) is 11.6 Å². The van der Waals surface area contributed by atoms with Crippen LogP contribution in [0.2, 0.25) is 0 Å². The van der Waals surface area contributed by atoms with Gasteiger partial charge >= 0.3 is 0 Å². The van der Waals surface area contributed by atoms with Gasteiger partial charge in [-0.3, -0.25) is 4.79 Å². The smallest absolute Gasteiger partial charge is 0.238 e. The molecule has 0 saturated carbocycles. The first-order chi connectivity index (χ1) is 10.7. The van der Waals surface area contributed by atoms with E-state index in [2.05, 4.69) is 27.7 Å². The highest BCUT2D eigenvalue weighted by atomic mass is 35.5. The fourth-order valence-corrected chi connectivity index (χ4v) is 2.54. The minimum absolute atomic E-state index is 0. The van der Waals surface area contributed by atoms with Crippen LogP contribution in [0.4, 0.5) is 0 Å². The summed E-state index contributed by atoms with van der Waals surface area (Å²) in [4.78, 5) is 16.2. The van der Waals surface area contributed by atoms with Gasteiger partial charge in [0.2, 0.25) is 17.6 Å². The molecule has 0 bridgehead atoms. The van der Waals surface area contributed by atoms with Gasteiger partial charge in [-0.1, -0.05) is 12.1 Å². The maximum absolute atomic E-state index is 12.0. The molecule has 1 saturated heterocycles. The van der Waals surface area contributed by atoms with E-state index in [0.717, 1.165) is 19.5 Å². The molecule has 0 aliphatic carbocycles. The van der Waals surface area contributed by atoms with Gasteiger partial charge in [0, 0.05) is 25.4 Å². The van der Waals surface area contributed by atoms with Crippen molar-refractivity contribution in [3.63, 3.8) is 0 Å². The summed E-state index contributed by atoms with van der Waals surface area (Å²) in [5.74, 6) is 1.92. The Labute approximate surface area is 140 Å². The fraction of sp³-hybridized carbons (Fsp3) is 0.533. The number of hydrogen-bond acceptors (Lipinski definition) is 6. The molecule has 1 fully saturated rings. The third-order valence-corrected chi connectivity index (χ3v) is 3.95. The highest BCUT2D eigenvalue weighted by molar-refractivity contribution is 5.85. The molecule has 126 valence electrons. The van der Waals surface area contributed by atoms with Crippen molar-refractivity contribution in [2.24, 2.45) is 5.92 Å².